The van der Waals surface area contributed by atoms with Crippen molar-refractivity contribution in [3.05, 3.63) is 23.3 Å². The van der Waals surface area contributed by atoms with Gasteiger partial charge in [-0.15, -0.1) is 0 Å². The van der Waals surface area contributed by atoms with Crippen molar-refractivity contribution in [2.75, 3.05) is 5.75 Å². The molecule has 2 rings (SSSR count). The van der Waals surface area contributed by atoms with E-state index in [2.05, 4.69) is 4.74 Å². The van der Waals surface area contributed by atoms with Gasteiger partial charge in [0.15, 0.2) is 0 Å². The van der Waals surface area contributed by atoms with Crippen LogP contribution in [0, 0.1) is 5.92 Å². The Hall–Kier alpha value is -1.95. The van der Waals surface area contributed by atoms with E-state index < -0.39 is 52.1 Å². The van der Waals surface area contributed by atoms with Gasteiger partial charge in [-0.2, -0.15) is 21.6 Å². The molecule has 0 bridgehead atoms. The molecule has 0 saturated heterocycles. The van der Waals surface area contributed by atoms with Gasteiger partial charge in [0.2, 0.25) is 6.10 Å². The first-order valence-electron chi connectivity index (χ1n) is 10.2. The number of hydrogen-bond donors (Lipinski definition) is 1. The Balaban J connectivity index is 2.08. The van der Waals surface area contributed by atoms with E-state index in [1.54, 1.807) is 6.07 Å². The van der Waals surface area contributed by atoms with Gasteiger partial charge in [-0.25, -0.2) is 4.79 Å². The Morgan fingerprint density at radius 2 is 1.88 bits per heavy atom. The Kier molecular flexibility index (Phi) is 8.49. The van der Waals surface area contributed by atoms with Gasteiger partial charge < -0.3 is 9.47 Å². The standard InChI is InChI=1S/C18H24B3F3O7S/c19-7-13-12(5-10(20)6-14(13)21)17(26)30-11-3-1-2-9(4-11)16(25)31-15(18(22,23)24)8-32(27,28)29/h5-6,9,11,15H,1-4,7-8,19-21H2,(H,27,28,29). The zero-order chi connectivity index (χ0) is 24.3. The molecule has 7 nitrogen and oxygen atoms in total. The van der Waals surface area contributed by atoms with Crippen LogP contribution in [0.3, 0.4) is 0 Å². The summed E-state index contributed by atoms with van der Waals surface area (Å²) >= 11 is 0. The minimum Gasteiger partial charge on any atom is -0.459 e. The highest BCUT2D eigenvalue weighted by molar-refractivity contribution is 7.85. The summed E-state index contributed by atoms with van der Waals surface area (Å²) in [5.74, 6) is -4.57. The lowest BCUT2D eigenvalue weighted by Crippen LogP contribution is -2.42. The van der Waals surface area contributed by atoms with Gasteiger partial charge >= 0.3 is 18.1 Å². The summed E-state index contributed by atoms with van der Waals surface area (Å²) in [4.78, 5) is 25.1. The minimum atomic E-state index is -5.16. The molecule has 1 aromatic rings. The number of ether oxygens (including phenoxy) is 2. The van der Waals surface area contributed by atoms with E-state index in [-0.39, 0.29) is 12.8 Å². The van der Waals surface area contributed by atoms with E-state index in [4.69, 9.17) is 9.29 Å². The maximum atomic E-state index is 13.0. The summed E-state index contributed by atoms with van der Waals surface area (Å²) < 4.78 is 79.5. The van der Waals surface area contributed by atoms with Crippen molar-refractivity contribution >= 4 is 56.5 Å². The quantitative estimate of drug-likeness (QED) is 0.289. The number of esters is 2. The lowest BCUT2D eigenvalue weighted by molar-refractivity contribution is -0.218. The third-order valence-electron chi connectivity index (χ3n) is 5.41. The first kappa shape index (κ1) is 26.3. The van der Waals surface area contributed by atoms with Crippen molar-refractivity contribution in [2.24, 2.45) is 5.92 Å². The molecule has 0 radical (unpaired) electrons. The lowest BCUT2D eigenvalue weighted by Gasteiger charge is -2.29. The summed E-state index contributed by atoms with van der Waals surface area (Å²) in [6.07, 6.45) is -7.18. The molecule has 0 amide bonds. The molecule has 1 fully saturated rings. The van der Waals surface area contributed by atoms with E-state index in [0.29, 0.717) is 24.7 Å². The first-order valence-corrected chi connectivity index (χ1v) is 11.9. The molecule has 1 aliphatic rings. The van der Waals surface area contributed by atoms with Crippen LogP contribution in [-0.4, -0.2) is 72.6 Å². The summed E-state index contributed by atoms with van der Waals surface area (Å²) in [5, 5.41) is 0. The summed E-state index contributed by atoms with van der Waals surface area (Å²) in [6, 6.07) is 3.66. The van der Waals surface area contributed by atoms with Crippen molar-refractivity contribution in [3.63, 3.8) is 0 Å². The van der Waals surface area contributed by atoms with Crippen molar-refractivity contribution in [2.45, 2.75) is 50.4 Å². The van der Waals surface area contributed by atoms with E-state index in [9.17, 15) is 31.2 Å². The second kappa shape index (κ2) is 10.3. The fourth-order valence-electron chi connectivity index (χ4n) is 3.95. The molecule has 0 heterocycles. The van der Waals surface area contributed by atoms with Crippen molar-refractivity contribution in [3.8, 4) is 0 Å². The molecule has 0 spiro atoms. The second-order valence-electron chi connectivity index (χ2n) is 8.07. The predicted molar refractivity (Wildman–Crippen MR) is 119 cm³/mol. The van der Waals surface area contributed by atoms with Gasteiger partial charge in [-0.1, -0.05) is 29.4 Å². The van der Waals surface area contributed by atoms with Crippen LogP contribution in [0.4, 0.5) is 13.2 Å². The zero-order valence-corrected chi connectivity index (χ0v) is 18.9. The second-order valence-corrected chi connectivity index (χ2v) is 9.57. The van der Waals surface area contributed by atoms with Crippen LogP contribution in [0.25, 0.3) is 0 Å². The van der Waals surface area contributed by atoms with E-state index >= 15 is 0 Å². The number of carbonyl (C=O) groups is 2. The van der Waals surface area contributed by atoms with E-state index in [1.807, 2.05) is 29.6 Å². The molecule has 0 aromatic heterocycles. The van der Waals surface area contributed by atoms with Crippen LogP contribution in [0.5, 0.6) is 0 Å². The van der Waals surface area contributed by atoms with Gasteiger partial charge in [-0.05, 0) is 31.2 Å². The molecule has 3 unspecified atom stereocenters. The monoisotopic (exact) mass is 474 g/mol. The largest absolute Gasteiger partial charge is 0.459 e. The number of halogens is 3. The maximum absolute atomic E-state index is 13.0. The smallest absolute Gasteiger partial charge is 0.426 e. The zero-order valence-electron chi connectivity index (χ0n) is 18.1. The van der Waals surface area contributed by atoms with Gasteiger partial charge in [0.1, 0.15) is 35.4 Å². The van der Waals surface area contributed by atoms with Crippen LogP contribution in [0.1, 0.15) is 41.6 Å². The third kappa shape index (κ3) is 7.30. The Bertz CT molecular complexity index is 969. The molecule has 1 saturated carbocycles. The average Bonchev–Trinajstić information content (AvgIpc) is 2.65. The summed E-state index contributed by atoms with van der Waals surface area (Å²) in [6.45, 7) is 0. The Labute approximate surface area is 187 Å². The van der Waals surface area contributed by atoms with Gasteiger partial charge in [0, 0.05) is 0 Å². The third-order valence-corrected chi connectivity index (χ3v) is 6.13. The van der Waals surface area contributed by atoms with Crippen LogP contribution >= 0.6 is 0 Å². The van der Waals surface area contributed by atoms with Crippen LogP contribution in [0.2, 0.25) is 0 Å². The molecule has 1 aromatic carbocycles. The van der Waals surface area contributed by atoms with Crippen LogP contribution < -0.4 is 10.9 Å². The average molecular weight is 474 g/mol. The highest BCUT2D eigenvalue weighted by Gasteiger charge is 2.46. The number of alkyl halides is 3. The molecule has 14 heteroatoms. The Morgan fingerprint density at radius 1 is 1.22 bits per heavy atom. The predicted octanol–water partition coefficient (Wildman–Crippen LogP) is -1.59. The molecule has 1 N–H and O–H groups in total. The molecular formula is C18H24B3F3O7S. The van der Waals surface area contributed by atoms with Gasteiger partial charge in [0.25, 0.3) is 10.1 Å². The molecular weight excluding hydrogens is 450 g/mol. The maximum Gasteiger partial charge on any atom is 0.426 e. The van der Waals surface area contributed by atoms with Crippen molar-refractivity contribution < 1.29 is 45.2 Å². The highest BCUT2D eigenvalue weighted by atomic mass is 32.2. The lowest BCUT2D eigenvalue weighted by atomic mass is 9.77. The number of benzene rings is 1. The van der Waals surface area contributed by atoms with E-state index in [0.717, 1.165) is 16.5 Å². The van der Waals surface area contributed by atoms with Gasteiger partial charge in [0.05, 0.1) is 11.5 Å². The highest BCUT2D eigenvalue weighted by Crippen LogP contribution is 2.31. The SMILES string of the molecule is BCc1c(B)cc(B)cc1C(=O)OC1CCCC(C(=O)OC(CS(=O)(=O)O)C(F)(F)F)C1. The van der Waals surface area contributed by atoms with Crippen LogP contribution in [0.15, 0.2) is 12.1 Å². The van der Waals surface area contributed by atoms with Crippen molar-refractivity contribution in [1.82, 2.24) is 0 Å². The number of hydrogen-bond acceptors (Lipinski definition) is 6. The first-order chi connectivity index (χ1) is 14.7. The fourth-order valence-corrected chi connectivity index (χ4v) is 4.59. The van der Waals surface area contributed by atoms with E-state index in [1.165, 1.54) is 0 Å². The molecule has 174 valence electrons. The molecule has 32 heavy (non-hydrogen) atoms. The molecule has 3 atom stereocenters. The molecule has 1 aliphatic carbocycles. The normalized spacial score (nSPS) is 20.4. The van der Waals surface area contributed by atoms with Crippen LogP contribution in [-0.2, 0) is 30.7 Å². The molecule has 0 aliphatic heterocycles. The fraction of sp³-hybridized carbons (Fsp3) is 0.556. The summed E-state index contributed by atoms with van der Waals surface area (Å²) in [5.41, 5.74) is 3.08. The Morgan fingerprint density at radius 3 is 2.44 bits per heavy atom. The number of carbonyl (C=O) groups excluding carboxylic acids is 2. The van der Waals surface area contributed by atoms with Crippen molar-refractivity contribution in [1.29, 1.82) is 0 Å². The number of rotatable bonds is 7. The minimum absolute atomic E-state index is 0.0344. The summed E-state index contributed by atoms with van der Waals surface area (Å²) in [7, 11) is 0.622. The topological polar surface area (TPSA) is 107 Å². The van der Waals surface area contributed by atoms with Gasteiger partial charge in [-0.3, -0.25) is 9.35 Å².